The molecule has 24 heavy (non-hydrogen) atoms. The van der Waals surface area contributed by atoms with Crippen LogP contribution in [0.1, 0.15) is 11.1 Å². The van der Waals surface area contributed by atoms with E-state index in [2.05, 4.69) is 24.0 Å². The summed E-state index contributed by atoms with van der Waals surface area (Å²) in [6.45, 7) is 2.50. The number of aryl methyl sites for hydroxylation is 1. The molecule has 122 valence electrons. The van der Waals surface area contributed by atoms with Crippen molar-refractivity contribution in [2.45, 2.75) is 18.4 Å². The smallest absolute Gasteiger partial charge is 0.219 e. The molecule has 1 aromatic heterocycles. The molecular formula is C20H19NO2S. The molecule has 3 nitrogen and oxygen atoms in total. The summed E-state index contributed by atoms with van der Waals surface area (Å²) in [5.74, 6) is 0.598. The fourth-order valence-electron chi connectivity index (χ4n) is 2.28. The minimum absolute atomic E-state index is 0.434. The maximum absolute atomic E-state index is 5.73. The van der Waals surface area contributed by atoms with Crippen LogP contribution in [0.5, 0.6) is 5.88 Å². The van der Waals surface area contributed by atoms with Gasteiger partial charge in [-0.3, -0.25) is 0 Å². The summed E-state index contributed by atoms with van der Waals surface area (Å²) in [6, 6.07) is 22.3. The summed E-state index contributed by atoms with van der Waals surface area (Å²) >= 11 is 1.36. The Bertz CT molecular complexity index is 788. The van der Waals surface area contributed by atoms with E-state index in [9.17, 15) is 0 Å². The van der Waals surface area contributed by atoms with Crippen LogP contribution in [0.15, 0.2) is 71.6 Å². The van der Waals surface area contributed by atoms with Gasteiger partial charge in [0.1, 0.15) is 0 Å². The number of methoxy groups -OCH3 is 1. The second kappa shape index (κ2) is 7.99. The number of benzene rings is 2. The second-order valence-electron chi connectivity index (χ2n) is 5.39. The van der Waals surface area contributed by atoms with E-state index in [1.807, 2.05) is 54.6 Å². The van der Waals surface area contributed by atoms with Crippen LogP contribution >= 0.6 is 12.0 Å². The van der Waals surface area contributed by atoms with Crippen LogP contribution in [-0.4, -0.2) is 12.1 Å². The zero-order valence-corrected chi connectivity index (χ0v) is 14.5. The van der Waals surface area contributed by atoms with Crippen LogP contribution in [0.2, 0.25) is 0 Å². The molecule has 4 heteroatoms. The van der Waals surface area contributed by atoms with Crippen molar-refractivity contribution in [2.24, 2.45) is 0 Å². The number of ether oxygens (including phenoxy) is 1. The number of hydrogen-bond donors (Lipinski definition) is 0. The highest BCUT2D eigenvalue weighted by Gasteiger charge is 2.08. The summed E-state index contributed by atoms with van der Waals surface area (Å²) in [5.41, 5.74) is 4.12. The molecule has 0 saturated heterocycles. The molecule has 0 amide bonds. The van der Waals surface area contributed by atoms with Crippen molar-refractivity contribution in [3.05, 3.63) is 77.9 Å². The normalized spacial score (nSPS) is 10.6. The number of rotatable bonds is 6. The Hall–Kier alpha value is -2.30. The van der Waals surface area contributed by atoms with Gasteiger partial charge in [-0.2, -0.15) is 0 Å². The van der Waals surface area contributed by atoms with Crippen LogP contribution in [0.25, 0.3) is 11.3 Å². The van der Waals surface area contributed by atoms with Gasteiger partial charge in [-0.25, -0.2) is 4.98 Å². The van der Waals surface area contributed by atoms with E-state index in [4.69, 9.17) is 8.92 Å². The minimum atomic E-state index is 0.434. The number of nitrogens with zero attached hydrogens (tertiary/aromatic N) is 1. The Balaban J connectivity index is 1.68. The number of hydrogen-bond acceptors (Lipinski definition) is 4. The lowest BCUT2D eigenvalue weighted by atomic mass is 10.1. The Morgan fingerprint density at radius 1 is 0.917 bits per heavy atom. The third kappa shape index (κ3) is 4.16. The molecule has 0 spiro atoms. The van der Waals surface area contributed by atoms with Crippen molar-refractivity contribution in [3.63, 3.8) is 0 Å². The van der Waals surface area contributed by atoms with Crippen molar-refractivity contribution in [2.75, 3.05) is 7.11 Å². The fraction of sp³-hybridized carbons (Fsp3) is 0.150. The lowest BCUT2D eigenvalue weighted by Gasteiger charge is -2.10. The molecule has 0 aliphatic heterocycles. The van der Waals surface area contributed by atoms with Crippen LogP contribution < -0.4 is 4.74 Å². The maximum atomic E-state index is 5.73. The first-order chi connectivity index (χ1) is 11.8. The van der Waals surface area contributed by atoms with Crippen LogP contribution in [0.4, 0.5) is 0 Å². The zero-order chi connectivity index (χ0) is 16.8. The van der Waals surface area contributed by atoms with E-state index in [1.165, 1.54) is 17.6 Å². The molecule has 3 aromatic rings. The Morgan fingerprint density at radius 3 is 2.38 bits per heavy atom. The topological polar surface area (TPSA) is 31.4 Å². The molecule has 0 atom stereocenters. The van der Waals surface area contributed by atoms with Gasteiger partial charge in [0.15, 0.2) is 0 Å². The summed E-state index contributed by atoms with van der Waals surface area (Å²) in [4.78, 5) is 5.66. The van der Waals surface area contributed by atoms with Crippen molar-refractivity contribution in [1.29, 1.82) is 0 Å². The molecule has 0 N–H and O–H groups in total. The quantitative estimate of drug-likeness (QED) is 0.572. The number of pyridine rings is 1. The Labute approximate surface area is 146 Å². The van der Waals surface area contributed by atoms with E-state index >= 15 is 0 Å². The van der Waals surface area contributed by atoms with Gasteiger partial charge >= 0.3 is 0 Å². The lowest BCUT2D eigenvalue weighted by molar-refractivity contribution is 0.337. The highest BCUT2D eigenvalue weighted by Crippen LogP contribution is 2.26. The van der Waals surface area contributed by atoms with Gasteiger partial charge < -0.3 is 8.92 Å². The van der Waals surface area contributed by atoms with E-state index < -0.39 is 0 Å². The zero-order valence-electron chi connectivity index (χ0n) is 13.7. The highest BCUT2D eigenvalue weighted by atomic mass is 32.2. The van der Waals surface area contributed by atoms with Gasteiger partial charge in [0.25, 0.3) is 0 Å². The average Bonchev–Trinajstić information content (AvgIpc) is 2.64. The molecule has 3 rings (SSSR count). The molecular weight excluding hydrogens is 318 g/mol. The summed E-state index contributed by atoms with van der Waals surface area (Å²) < 4.78 is 11.2. The molecule has 0 saturated carbocycles. The molecule has 0 aliphatic rings. The highest BCUT2D eigenvalue weighted by molar-refractivity contribution is 7.94. The van der Waals surface area contributed by atoms with Gasteiger partial charge in [-0.15, -0.1) is 0 Å². The largest absolute Gasteiger partial charge is 0.481 e. The lowest BCUT2D eigenvalue weighted by Crippen LogP contribution is -1.97. The molecule has 0 unspecified atom stereocenters. The van der Waals surface area contributed by atoms with Gasteiger partial charge in [0.05, 0.1) is 19.4 Å². The summed E-state index contributed by atoms with van der Waals surface area (Å²) in [5, 5.41) is 0. The maximum Gasteiger partial charge on any atom is 0.219 e. The van der Waals surface area contributed by atoms with Crippen LogP contribution in [-0.2, 0) is 10.8 Å². The van der Waals surface area contributed by atoms with Gasteiger partial charge in [0.2, 0.25) is 5.88 Å². The monoisotopic (exact) mass is 337 g/mol. The molecule has 0 aliphatic carbocycles. The molecule has 1 heterocycles. The van der Waals surface area contributed by atoms with E-state index in [-0.39, 0.29) is 0 Å². The summed E-state index contributed by atoms with van der Waals surface area (Å²) in [7, 11) is 1.63. The summed E-state index contributed by atoms with van der Waals surface area (Å²) in [6.07, 6.45) is 0. The average molecular weight is 337 g/mol. The standard InChI is InChI=1S/C20H19NO2S/c1-15-8-11-18(12-9-15)24-23-14-17-10-13-19(21-20(17)22-2)16-6-4-3-5-7-16/h3-13H,14H2,1-2H3. The van der Waals surface area contributed by atoms with Crippen LogP contribution in [0.3, 0.4) is 0 Å². The SMILES string of the molecule is COc1nc(-c2ccccc2)ccc1COSc1ccc(C)cc1. The molecule has 0 fully saturated rings. The second-order valence-corrected chi connectivity index (χ2v) is 6.26. The molecule has 0 bridgehead atoms. The first kappa shape index (κ1) is 16.6. The third-order valence-corrected chi connectivity index (χ3v) is 4.29. The fourth-order valence-corrected chi connectivity index (χ4v) is 2.85. The molecule has 2 aromatic carbocycles. The van der Waals surface area contributed by atoms with Gasteiger partial charge in [0, 0.05) is 28.1 Å². The predicted octanol–water partition coefficient (Wildman–Crippen LogP) is 5.29. The van der Waals surface area contributed by atoms with E-state index in [0.717, 1.165) is 21.7 Å². The number of aromatic nitrogens is 1. The van der Waals surface area contributed by atoms with Gasteiger partial charge in [-0.05, 0) is 31.2 Å². The Kier molecular flexibility index (Phi) is 5.51. The van der Waals surface area contributed by atoms with E-state index in [0.29, 0.717) is 12.5 Å². The van der Waals surface area contributed by atoms with Crippen LogP contribution in [0, 0.1) is 6.92 Å². The third-order valence-electron chi connectivity index (χ3n) is 3.59. The predicted molar refractivity (Wildman–Crippen MR) is 98.1 cm³/mol. The first-order valence-electron chi connectivity index (χ1n) is 7.72. The van der Waals surface area contributed by atoms with Gasteiger partial charge in [-0.1, -0.05) is 48.0 Å². The minimum Gasteiger partial charge on any atom is -0.481 e. The Morgan fingerprint density at radius 2 is 1.67 bits per heavy atom. The first-order valence-corrected chi connectivity index (χ1v) is 8.46. The van der Waals surface area contributed by atoms with Crippen molar-refractivity contribution in [1.82, 2.24) is 4.98 Å². The molecule has 0 radical (unpaired) electrons. The van der Waals surface area contributed by atoms with Crippen molar-refractivity contribution < 1.29 is 8.92 Å². The van der Waals surface area contributed by atoms with Crippen molar-refractivity contribution >= 4 is 12.0 Å². The van der Waals surface area contributed by atoms with E-state index in [1.54, 1.807) is 7.11 Å². The van der Waals surface area contributed by atoms with Crippen molar-refractivity contribution in [3.8, 4) is 17.1 Å².